The number of rotatable bonds is 7. The highest BCUT2D eigenvalue weighted by Gasteiger charge is 2.27. The van der Waals surface area contributed by atoms with E-state index in [1.165, 1.54) is 5.56 Å². The number of aryl methyl sites for hydroxylation is 1. The molecule has 2 fully saturated rings. The van der Waals surface area contributed by atoms with Crippen LogP contribution in [-0.2, 0) is 16.0 Å². The van der Waals surface area contributed by atoms with E-state index < -0.39 is 0 Å². The Hall–Kier alpha value is -2.41. The fourth-order valence-electron chi connectivity index (χ4n) is 4.94. The van der Waals surface area contributed by atoms with Crippen molar-refractivity contribution >= 4 is 11.6 Å². The number of amides is 1. The van der Waals surface area contributed by atoms with Gasteiger partial charge in [-0.1, -0.05) is 36.4 Å². The monoisotopic (exact) mass is 437 g/mol. The first-order chi connectivity index (χ1) is 15.6. The van der Waals surface area contributed by atoms with Crippen molar-refractivity contribution in [3.8, 4) is 11.1 Å². The largest absolute Gasteiger partial charge is 0.381 e. The Balaban J connectivity index is 1.70. The van der Waals surface area contributed by atoms with E-state index in [0.717, 1.165) is 87.8 Å². The first-order valence-electron chi connectivity index (χ1n) is 11.8. The maximum absolute atomic E-state index is 12.6. The molecule has 2 aliphatic heterocycles. The summed E-state index contributed by atoms with van der Waals surface area (Å²) in [6.45, 7) is 10.9. The van der Waals surface area contributed by atoms with E-state index in [0.29, 0.717) is 11.6 Å². The maximum atomic E-state index is 12.6. The van der Waals surface area contributed by atoms with Crippen molar-refractivity contribution < 1.29 is 14.3 Å². The molecule has 0 saturated carbocycles. The van der Waals surface area contributed by atoms with Gasteiger partial charge in [0, 0.05) is 51.0 Å². The van der Waals surface area contributed by atoms with Crippen molar-refractivity contribution in [3.05, 3.63) is 53.1 Å². The average Bonchev–Trinajstić information content (AvgIpc) is 2.81. The van der Waals surface area contributed by atoms with Crippen LogP contribution >= 0.6 is 0 Å². The lowest BCUT2D eigenvalue weighted by molar-refractivity contribution is 0.0342. The molecule has 172 valence electrons. The first-order valence-corrected chi connectivity index (χ1v) is 11.8. The molecule has 2 heterocycles. The molecule has 32 heavy (non-hydrogen) atoms. The van der Waals surface area contributed by atoms with Crippen molar-refractivity contribution in [2.75, 3.05) is 51.0 Å². The van der Waals surface area contributed by atoms with Crippen molar-refractivity contribution in [2.24, 2.45) is 5.73 Å². The van der Waals surface area contributed by atoms with E-state index in [9.17, 15) is 4.79 Å². The highest BCUT2D eigenvalue weighted by Crippen LogP contribution is 2.38. The van der Waals surface area contributed by atoms with Crippen molar-refractivity contribution in [1.29, 1.82) is 0 Å². The van der Waals surface area contributed by atoms with Crippen LogP contribution in [0.5, 0.6) is 0 Å². The molecule has 0 bridgehead atoms. The number of nitrogens with zero attached hydrogens (tertiary/aromatic N) is 2. The molecule has 0 radical (unpaired) electrons. The second-order valence-corrected chi connectivity index (χ2v) is 8.73. The third kappa shape index (κ3) is 4.98. The van der Waals surface area contributed by atoms with Crippen LogP contribution in [0.15, 0.2) is 36.4 Å². The van der Waals surface area contributed by atoms with Crippen LogP contribution < -0.4 is 10.6 Å². The molecular weight excluding hydrogens is 402 g/mol. The lowest BCUT2D eigenvalue weighted by Gasteiger charge is -2.38. The van der Waals surface area contributed by atoms with Crippen LogP contribution in [0, 0.1) is 6.92 Å². The van der Waals surface area contributed by atoms with Crippen molar-refractivity contribution in [1.82, 2.24) is 4.90 Å². The van der Waals surface area contributed by atoms with Crippen molar-refractivity contribution in [3.63, 3.8) is 0 Å². The summed E-state index contributed by atoms with van der Waals surface area (Å²) in [4.78, 5) is 17.3. The zero-order valence-electron chi connectivity index (χ0n) is 19.3. The summed E-state index contributed by atoms with van der Waals surface area (Å²) in [5, 5.41) is 0. The molecular formula is C26H35N3O3. The second kappa shape index (κ2) is 10.5. The van der Waals surface area contributed by atoms with Gasteiger partial charge >= 0.3 is 0 Å². The molecule has 6 heteroatoms. The molecule has 2 N–H and O–H groups in total. The summed E-state index contributed by atoms with van der Waals surface area (Å²) in [5.74, 6) is -0.367. The Morgan fingerprint density at radius 1 is 1.03 bits per heavy atom. The van der Waals surface area contributed by atoms with Gasteiger partial charge in [-0.2, -0.15) is 0 Å². The molecule has 1 amide bonds. The number of carbonyl (C=O) groups excluding carboxylic acids is 1. The fourth-order valence-corrected chi connectivity index (χ4v) is 4.94. The summed E-state index contributed by atoms with van der Waals surface area (Å²) in [7, 11) is 0. The predicted molar refractivity (Wildman–Crippen MR) is 128 cm³/mol. The van der Waals surface area contributed by atoms with Gasteiger partial charge in [-0.05, 0) is 43.4 Å². The zero-order chi connectivity index (χ0) is 22.5. The number of anilines is 1. The molecule has 2 aromatic carbocycles. The van der Waals surface area contributed by atoms with Crippen LogP contribution in [0.2, 0.25) is 0 Å². The third-order valence-electron chi connectivity index (χ3n) is 6.67. The molecule has 0 aromatic heterocycles. The SMILES string of the molecule is CCN(c1c(-c2ccc(CN3CCOCC3)cc2)ccc(C)c1C(N)=O)C1CCOCC1. The Morgan fingerprint density at radius 2 is 1.69 bits per heavy atom. The molecule has 0 spiro atoms. The summed E-state index contributed by atoms with van der Waals surface area (Å²) in [6.07, 6.45) is 1.91. The Morgan fingerprint density at radius 3 is 2.31 bits per heavy atom. The topological polar surface area (TPSA) is 68.0 Å². The Bertz CT molecular complexity index is 917. The highest BCUT2D eigenvalue weighted by atomic mass is 16.5. The number of hydrogen-bond donors (Lipinski definition) is 1. The molecule has 0 aliphatic carbocycles. The summed E-state index contributed by atoms with van der Waals surface area (Å²) in [5.41, 5.74) is 11.9. The minimum absolute atomic E-state index is 0.341. The van der Waals surface area contributed by atoms with Gasteiger partial charge in [-0.25, -0.2) is 0 Å². The van der Waals surface area contributed by atoms with E-state index in [1.807, 2.05) is 13.0 Å². The van der Waals surface area contributed by atoms with Crippen LogP contribution in [-0.4, -0.2) is 62.9 Å². The van der Waals surface area contributed by atoms with E-state index in [2.05, 4.69) is 47.1 Å². The van der Waals surface area contributed by atoms with Gasteiger partial charge in [0.25, 0.3) is 5.91 Å². The molecule has 0 unspecified atom stereocenters. The normalized spacial score (nSPS) is 17.9. The number of hydrogen-bond acceptors (Lipinski definition) is 5. The second-order valence-electron chi connectivity index (χ2n) is 8.73. The molecule has 6 nitrogen and oxygen atoms in total. The highest BCUT2D eigenvalue weighted by molar-refractivity contribution is 6.04. The molecule has 4 rings (SSSR count). The van der Waals surface area contributed by atoms with Crippen LogP contribution in [0.1, 0.15) is 41.3 Å². The number of morpholine rings is 1. The lowest BCUT2D eigenvalue weighted by atomic mass is 9.93. The quantitative estimate of drug-likeness (QED) is 0.717. The molecule has 2 aliphatic rings. The van der Waals surface area contributed by atoms with Crippen LogP contribution in [0.25, 0.3) is 11.1 Å². The van der Waals surface area contributed by atoms with Gasteiger partial charge in [0.1, 0.15) is 0 Å². The predicted octanol–water partition coefficient (Wildman–Crippen LogP) is 3.60. The first kappa shape index (κ1) is 22.8. The van der Waals surface area contributed by atoms with Gasteiger partial charge < -0.3 is 20.1 Å². The Labute approximate surface area is 191 Å². The van der Waals surface area contributed by atoms with Crippen LogP contribution in [0.4, 0.5) is 5.69 Å². The van der Waals surface area contributed by atoms with E-state index in [-0.39, 0.29) is 5.91 Å². The number of carbonyl (C=O) groups is 1. The average molecular weight is 438 g/mol. The minimum Gasteiger partial charge on any atom is -0.381 e. The summed E-state index contributed by atoms with van der Waals surface area (Å²) >= 11 is 0. The van der Waals surface area contributed by atoms with Gasteiger partial charge in [0.05, 0.1) is 24.5 Å². The fraction of sp³-hybridized carbons (Fsp3) is 0.500. The maximum Gasteiger partial charge on any atom is 0.251 e. The summed E-state index contributed by atoms with van der Waals surface area (Å²) < 4.78 is 11.1. The van der Waals surface area contributed by atoms with E-state index in [4.69, 9.17) is 15.2 Å². The number of nitrogens with two attached hydrogens (primary N) is 1. The van der Waals surface area contributed by atoms with Crippen LogP contribution in [0.3, 0.4) is 0 Å². The van der Waals surface area contributed by atoms with E-state index >= 15 is 0 Å². The lowest BCUT2D eigenvalue weighted by Crippen LogP contribution is -2.41. The molecule has 2 aromatic rings. The standard InChI is InChI=1S/C26H35N3O3/c1-3-29(22-10-14-31-15-11-22)25-23(9-4-19(2)24(25)26(27)30)21-7-5-20(6-8-21)18-28-12-16-32-17-13-28/h4-9,22H,3,10-18H2,1-2H3,(H2,27,30). The van der Waals surface area contributed by atoms with Gasteiger partial charge in [-0.15, -0.1) is 0 Å². The van der Waals surface area contributed by atoms with Gasteiger partial charge in [-0.3, -0.25) is 9.69 Å². The molecule has 2 saturated heterocycles. The third-order valence-corrected chi connectivity index (χ3v) is 6.67. The smallest absolute Gasteiger partial charge is 0.251 e. The number of ether oxygens (including phenoxy) is 2. The van der Waals surface area contributed by atoms with Gasteiger partial charge in [0.15, 0.2) is 0 Å². The minimum atomic E-state index is -0.367. The van der Waals surface area contributed by atoms with Crippen molar-refractivity contribution in [2.45, 2.75) is 39.3 Å². The zero-order valence-corrected chi connectivity index (χ0v) is 19.3. The van der Waals surface area contributed by atoms with Gasteiger partial charge in [0.2, 0.25) is 0 Å². The molecule has 0 atom stereocenters. The summed E-state index contributed by atoms with van der Waals surface area (Å²) in [6, 6.07) is 13.2. The van der Waals surface area contributed by atoms with E-state index in [1.54, 1.807) is 0 Å². The number of benzene rings is 2. The Kier molecular flexibility index (Phi) is 7.45. The number of primary amides is 1.